The zero-order chi connectivity index (χ0) is 13.9. The molecule has 104 valence electrons. The van der Waals surface area contributed by atoms with Crippen LogP contribution < -0.4 is 10.6 Å². The lowest BCUT2D eigenvalue weighted by Gasteiger charge is -2.28. The SMILES string of the molecule is O=C1N[C@@H](Cc2c[nH]cn2)C(=O)N[C@H]1Cc1c[nH]cn1. The molecule has 0 bridgehead atoms. The van der Waals surface area contributed by atoms with E-state index in [4.69, 9.17) is 0 Å². The average molecular weight is 274 g/mol. The first-order valence-corrected chi connectivity index (χ1v) is 6.28. The van der Waals surface area contributed by atoms with Gasteiger partial charge in [0.05, 0.1) is 24.0 Å². The van der Waals surface area contributed by atoms with Crippen molar-refractivity contribution in [1.29, 1.82) is 0 Å². The van der Waals surface area contributed by atoms with E-state index >= 15 is 0 Å². The number of imidazole rings is 2. The first-order chi connectivity index (χ1) is 9.72. The van der Waals surface area contributed by atoms with Crippen LogP contribution in [0.3, 0.4) is 0 Å². The van der Waals surface area contributed by atoms with Crippen molar-refractivity contribution in [3.05, 3.63) is 36.4 Å². The summed E-state index contributed by atoms with van der Waals surface area (Å²) < 4.78 is 0. The van der Waals surface area contributed by atoms with E-state index in [-0.39, 0.29) is 11.8 Å². The Balaban J connectivity index is 1.64. The molecule has 2 amide bonds. The number of carbonyl (C=O) groups excluding carboxylic acids is 2. The first-order valence-electron chi connectivity index (χ1n) is 6.28. The second-order valence-corrected chi connectivity index (χ2v) is 4.65. The van der Waals surface area contributed by atoms with Crippen LogP contribution in [0, 0.1) is 0 Å². The molecular formula is C12H14N6O2. The average Bonchev–Trinajstić information content (AvgIpc) is 3.08. The summed E-state index contributed by atoms with van der Waals surface area (Å²) >= 11 is 0. The van der Waals surface area contributed by atoms with Crippen molar-refractivity contribution < 1.29 is 9.59 Å². The van der Waals surface area contributed by atoms with E-state index in [1.54, 1.807) is 12.4 Å². The van der Waals surface area contributed by atoms with Crippen molar-refractivity contribution >= 4 is 11.8 Å². The lowest BCUT2D eigenvalue weighted by atomic mass is 10.0. The van der Waals surface area contributed by atoms with Crippen LogP contribution in [0.4, 0.5) is 0 Å². The summed E-state index contributed by atoms with van der Waals surface area (Å²) in [5, 5.41) is 5.45. The largest absolute Gasteiger partial charge is 0.351 e. The second-order valence-electron chi connectivity index (χ2n) is 4.65. The number of hydrogen-bond acceptors (Lipinski definition) is 4. The second kappa shape index (κ2) is 5.16. The molecule has 2 aromatic rings. The molecule has 1 aliphatic rings. The van der Waals surface area contributed by atoms with Gasteiger partial charge in [-0.25, -0.2) is 9.97 Å². The standard InChI is InChI=1S/C12H14N6O2/c19-11-9(1-7-3-13-5-15-7)17-12(20)10(18-11)2-8-4-14-6-16-8/h3-6,9-10H,1-2H2,(H,13,15)(H,14,16)(H,17,20)(H,18,19)/t9-,10-/m0/s1. The lowest BCUT2D eigenvalue weighted by molar-refractivity contribution is -0.136. The number of hydrogen-bond donors (Lipinski definition) is 4. The molecule has 4 N–H and O–H groups in total. The van der Waals surface area contributed by atoms with Crippen LogP contribution in [-0.2, 0) is 22.4 Å². The van der Waals surface area contributed by atoms with Crippen molar-refractivity contribution in [3.8, 4) is 0 Å². The van der Waals surface area contributed by atoms with Crippen LogP contribution >= 0.6 is 0 Å². The number of aromatic amines is 2. The molecule has 0 radical (unpaired) electrons. The minimum Gasteiger partial charge on any atom is -0.351 e. The Kier molecular flexibility index (Phi) is 3.20. The summed E-state index contributed by atoms with van der Waals surface area (Å²) in [5.41, 5.74) is 1.47. The fourth-order valence-electron chi connectivity index (χ4n) is 2.19. The van der Waals surface area contributed by atoms with E-state index in [2.05, 4.69) is 30.6 Å². The van der Waals surface area contributed by atoms with Gasteiger partial charge < -0.3 is 20.6 Å². The van der Waals surface area contributed by atoms with E-state index in [0.717, 1.165) is 11.4 Å². The Bertz CT molecular complexity index is 537. The summed E-state index contributed by atoms with van der Waals surface area (Å²) in [6.07, 6.45) is 7.23. The topological polar surface area (TPSA) is 116 Å². The molecule has 1 saturated heterocycles. The maximum absolute atomic E-state index is 12.0. The monoisotopic (exact) mass is 274 g/mol. The van der Waals surface area contributed by atoms with Gasteiger partial charge in [-0.05, 0) is 0 Å². The van der Waals surface area contributed by atoms with Crippen LogP contribution in [0.15, 0.2) is 25.0 Å². The first kappa shape index (κ1) is 12.4. The van der Waals surface area contributed by atoms with E-state index in [0.29, 0.717) is 12.8 Å². The highest BCUT2D eigenvalue weighted by atomic mass is 16.2. The third kappa shape index (κ3) is 2.53. The van der Waals surface area contributed by atoms with Gasteiger partial charge in [0.15, 0.2) is 0 Å². The zero-order valence-corrected chi connectivity index (χ0v) is 10.6. The quantitative estimate of drug-likeness (QED) is 0.566. The number of nitrogens with zero attached hydrogens (tertiary/aromatic N) is 2. The van der Waals surface area contributed by atoms with Gasteiger partial charge in [0, 0.05) is 25.2 Å². The molecule has 1 aliphatic heterocycles. The highest BCUT2D eigenvalue weighted by molar-refractivity contribution is 5.97. The van der Waals surface area contributed by atoms with Crippen LogP contribution in [-0.4, -0.2) is 43.8 Å². The number of nitrogens with one attached hydrogen (secondary N) is 4. The number of aromatic nitrogens is 4. The molecule has 20 heavy (non-hydrogen) atoms. The van der Waals surface area contributed by atoms with E-state index < -0.39 is 12.1 Å². The Hall–Kier alpha value is -2.64. The van der Waals surface area contributed by atoms with Gasteiger partial charge in [-0.15, -0.1) is 0 Å². The summed E-state index contributed by atoms with van der Waals surface area (Å²) in [6.45, 7) is 0. The van der Waals surface area contributed by atoms with E-state index in [1.807, 2.05) is 0 Å². The number of carbonyl (C=O) groups is 2. The van der Waals surface area contributed by atoms with E-state index in [9.17, 15) is 9.59 Å². The van der Waals surface area contributed by atoms with Crippen LogP contribution in [0.1, 0.15) is 11.4 Å². The summed E-state index contributed by atoms with van der Waals surface area (Å²) in [6, 6.07) is -1.16. The molecule has 3 heterocycles. The molecule has 8 heteroatoms. The minimum absolute atomic E-state index is 0.201. The van der Waals surface area contributed by atoms with Gasteiger partial charge in [0.25, 0.3) is 0 Å². The third-order valence-electron chi connectivity index (χ3n) is 3.20. The van der Waals surface area contributed by atoms with Crippen LogP contribution in [0.2, 0.25) is 0 Å². The Morgan fingerprint density at radius 2 is 1.30 bits per heavy atom. The third-order valence-corrected chi connectivity index (χ3v) is 3.20. The lowest BCUT2D eigenvalue weighted by Crippen LogP contribution is -2.62. The van der Waals surface area contributed by atoms with Crippen molar-refractivity contribution in [2.45, 2.75) is 24.9 Å². The molecule has 0 aliphatic carbocycles. The Morgan fingerprint density at radius 1 is 0.850 bits per heavy atom. The Labute approximate surface area is 114 Å². The van der Waals surface area contributed by atoms with Crippen molar-refractivity contribution in [1.82, 2.24) is 30.6 Å². The highest BCUT2D eigenvalue weighted by Gasteiger charge is 2.34. The van der Waals surface area contributed by atoms with Gasteiger partial charge in [0.1, 0.15) is 12.1 Å². The Morgan fingerprint density at radius 3 is 1.65 bits per heavy atom. The highest BCUT2D eigenvalue weighted by Crippen LogP contribution is 2.07. The van der Waals surface area contributed by atoms with Crippen molar-refractivity contribution in [3.63, 3.8) is 0 Å². The maximum Gasteiger partial charge on any atom is 0.243 e. The van der Waals surface area contributed by atoms with Gasteiger partial charge in [-0.3, -0.25) is 9.59 Å². The van der Waals surface area contributed by atoms with Gasteiger partial charge in [-0.2, -0.15) is 0 Å². The predicted molar refractivity (Wildman–Crippen MR) is 68.4 cm³/mol. The minimum atomic E-state index is -0.582. The number of amides is 2. The van der Waals surface area contributed by atoms with Gasteiger partial charge >= 0.3 is 0 Å². The predicted octanol–water partition coefficient (Wildman–Crippen LogP) is -1.10. The summed E-state index contributed by atoms with van der Waals surface area (Å²) in [5.74, 6) is -0.402. The zero-order valence-electron chi connectivity index (χ0n) is 10.6. The summed E-state index contributed by atoms with van der Waals surface area (Å²) in [4.78, 5) is 37.8. The smallest absolute Gasteiger partial charge is 0.243 e. The molecule has 0 unspecified atom stereocenters. The number of piperazine rings is 1. The van der Waals surface area contributed by atoms with Crippen molar-refractivity contribution in [2.24, 2.45) is 0 Å². The fourth-order valence-corrected chi connectivity index (χ4v) is 2.19. The molecule has 1 fully saturated rings. The maximum atomic E-state index is 12.0. The molecule has 0 spiro atoms. The molecule has 3 rings (SSSR count). The van der Waals surface area contributed by atoms with Crippen LogP contribution in [0.25, 0.3) is 0 Å². The van der Waals surface area contributed by atoms with Gasteiger partial charge in [0.2, 0.25) is 11.8 Å². The molecule has 2 atom stereocenters. The molecule has 8 nitrogen and oxygen atoms in total. The molecule has 2 aromatic heterocycles. The molecular weight excluding hydrogens is 260 g/mol. The number of rotatable bonds is 4. The van der Waals surface area contributed by atoms with Crippen LogP contribution in [0.5, 0.6) is 0 Å². The van der Waals surface area contributed by atoms with Crippen molar-refractivity contribution in [2.75, 3.05) is 0 Å². The molecule has 0 saturated carbocycles. The van der Waals surface area contributed by atoms with Gasteiger partial charge in [-0.1, -0.05) is 0 Å². The summed E-state index contributed by atoms with van der Waals surface area (Å²) in [7, 11) is 0. The fraction of sp³-hybridized carbons (Fsp3) is 0.333. The normalized spacial score (nSPS) is 22.4. The van der Waals surface area contributed by atoms with E-state index in [1.165, 1.54) is 12.7 Å². The molecule has 0 aromatic carbocycles. The number of H-pyrrole nitrogens is 2.